The molecule has 16 heavy (non-hydrogen) atoms. The molecule has 7 nitrogen and oxygen atoms in total. The second-order valence-corrected chi connectivity index (χ2v) is 3.45. The maximum atomic E-state index is 10.5. The normalized spacial score (nSPS) is 36.2. The van der Waals surface area contributed by atoms with Crippen LogP contribution in [0.5, 0.6) is 0 Å². The van der Waals surface area contributed by atoms with Crippen LogP contribution >= 0.6 is 0 Å². The predicted octanol–water partition coefficient (Wildman–Crippen LogP) is -7.03. The van der Waals surface area contributed by atoms with Gasteiger partial charge < -0.3 is 35.1 Å². The first kappa shape index (κ1) is 16.3. The van der Waals surface area contributed by atoms with Crippen molar-refractivity contribution in [3.63, 3.8) is 0 Å². The molecular formula is C8H13NaO7. The maximum Gasteiger partial charge on any atom is 1.00 e. The largest absolute Gasteiger partial charge is 1.00 e. The number of aliphatic hydroxyl groups excluding tert-OH is 4. The number of aliphatic carboxylic acids is 1. The number of carbonyl (C=O) groups is 1. The van der Waals surface area contributed by atoms with E-state index in [9.17, 15) is 25.2 Å². The first-order chi connectivity index (χ1) is 6.97. The summed E-state index contributed by atoms with van der Waals surface area (Å²) in [5.41, 5.74) is 0. The van der Waals surface area contributed by atoms with Crippen molar-refractivity contribution >= 4 is 5.97 Å². The minimum Gasteiger partial charge on any atom is -0.547 e. The summed E-state index contributed by atoms with van der Waals surface area (Å²) >= 11 is 0. The van der Waals surface area contributed by atoms with Crippen LogP contribution in [0.1, 0.15) is 6.42 Å². The minimum atomic E-state index is -1.53. The molecule has 0 amide bonds. The van der Waals surface area contributed by atoms with Gasteiger partial charge in [0.1, 0.15) is 24.4 Å². The molecule has 8 heteroatoms. The van der Waals surface area contributed by atoms with Gasteiger partial charge in [0.05, 0.1) is 18.7 Å². The maximum absolute atomic E-state index is 10.5. The van der Waals surface area contributed by atoms with Crippen LogP contribution in [0, 0.1) is 0 Å². The van der Waals surface area contributed by atoms with E-state index in [1.807, 2.05) is 0 Å². The molecule has 0 radical (unpaired) electrons. The van der Waals surface area contributed by atoms with Gasteiger partial charge in [0.2, 0.25) is 0 Å². The summed E-state index contributed by atoms with van der Waals surface area (Å²) in [4.78, 5) is 10.5. The van der Waals surface area contributed by atoms with Crippen LogP contribution < -0.4 is 34.7 Å². The fourth-order valence-electron chi connectivity index (χ4n) is 1.48. The average Bonchev–Trinajstić information content (AvgIpc) is 2.20. The summed E-state index contributed by atoms with van der Waals surface area (Å²) in [6.07, 6.45) is -7.23. The quantitative estimate of drug-likeness (QED) is 0.363. The van der Waals surface area contributed by atoms with E-state index < -0.39 is 43.1 Å². The molecular weight excluding hydrogens is 231 g/mol. The Morgan fingerprint density at radius 1 is 1.50 bits per heavy atom. The fraction of sp³-hybridized carbons (Fsp3) is 0.875. The molecule has 5 atom stereocenters. The van der Waals surface area contributed by atoms with Gasteiger partial charge in [-0.2, -0.15) is 0 Å². The van der Waals surface area contributed by atoms with Crippen LogP contribution in [0.2, 0.25) is 0 Å². The topological polar surface area (TPSA) is 130 Å². The van der Waals surface area contributed by atoms with Crippen LogP contribution in [0.4, 0.5) is 0 Å². The van der Waals surface area contributed by atoms with E-state index in [2.05, 4.69) is 0 Å². The van der Waals surface area contributed by atoms with Crippen LogP contribution in [0.15, 0.2) is 0 Å². The van der Waals surface area contributed by atoms with E-state index in [-0.39, 0.29) is 36.0 Å². The molecule has 0 saturated carbocycles. The summed E-state index contributed by atoms with van der Waals surface area (Å²) < 4.78 is 4.80. The van der Waals surface area contributed by atoms with E-state index >= 15 is 0 Å². The summed E-state index contributed by atoms with van der Waals surface area (Å²) in [6, 6.07) is 0. The van der Waals surface area contributed by atoms with Crippen molar-refractivity contribution in [3.8, 4) is 0 Å². The van der Waals surface area contributed by atoms with Crippen LogP contribution in [-0.4, -0.2) is 63.5 Å². The molecule has 4 N–H and O–H groups in total. The second kappa shape index (κ2) is 6.87. The zero-order valence-electron chi connectivity index (χ0n) is 8.81. The van der Waals surface area contributed by atoms with Crippen molar-refractivity contribution in [2.75, 3.05) is 6.61 Å². The Morgan fingerprint density at radius 3 is 2.50 bits per heavy atom. The molecule has 0 bridgehead atoms. The van der Waals surface area contributed by atoms with Gasteiger partial charge in [0, 0.05) is 6.42 Å². The van der Waals surface area contributed by atoms with Gasteiger partial charge in [0.25, 0.3) is 0 Å². The third-order valence-electron chi connectivity index (χ3n) is 2.34. The van der Waals surface area contributed by atoms with Crippen LogP contribution in [0.3, 0.4) is 0 Å². The molecule has 0 aromatic heterocycles. The second-order valence-electron chi connectivity index (χ2n) is 3.45. The Bertz CT molecular complexity index is 236. The van der Waals surface area contributed by atoms with Gasteiger partial charge in [-0.3, -0.25) is 0 Å². The molecule has 0 aromatic carbocycles. The van der Waals surface area contributed by atoms with Gasteiger partial charge in [-0.25, -0.2) is 0 Å². The molecule has 0 spiro atoms. The first-order valence-electron chi connectivity index (χ1n) is 4.48. The van der Waals surface area contributed by atoms with Crippen LogP contribution in [0.25, 0.3) is 0 Å². The van der Waals surface area contributed by atoms with Gasteiger partial charge in [0.15, 0.2) is 0 Å². The van der Waals surface area contributed by atoms with Crippen molar-refractivity contribution in [1.82, 2.24) is 0 Å². The van der Waals surface area contributed by atoms with Crippen molar-refractivity contribution < 1.29 is 64.6 Å². The summed E-state index contributed by atoms with van der Waals surface area (Å²) in [6.45, 7) is -0.700. The van der Waals surface area contributed by atoms with E-state index in [1.54, 1.807) is 0 Å². The Labute approximate surface area is 114 Å². The average molecular weight is 244 g/mol. The SMILES string of the molecule is O=C([O-])[C@H]1C[C@H](O)[C@@H](O)[C@H]([C@H](O)CO)O1.[Na+]. The van der Waals surface area contributed by atoms with Gasteiger partial charge in [-0.05, 0) is 0 Å². The Hall–Kier alpha value is 0.270. The molecule has 1 heterocycles. The number of ether oxygens (including phenoxy) is 1. The van der Waals surface area contributed by atoms with Crippen LogP contribution in [-0.2, 0) is 9.53 Å². The number of carboxylic acids is 1. The molecule has 1 aliphatic rings. The molecule has 1 rings (SSSR count). The predicted molar refractivity (Wildman–Crippen MR) is 43.4 cm³/mol. The Kier molecular flexibility index (Phi) is 6.99. The molecule has 1 saturated heterocycles. The Balaban J connectivity index is 0.00000225. The minimum absolute atomic E-state index is 0. The molecule has 0 aromatic rings. The number of carboxylic acid groups (broad SMARTS) is 1. The summed E-state index contributed by atoms with van der Waals surface area (Å²) in [5, 5.41) is 47.0. The number of hydrogen-bond acceptors (Lipinski definition) is 7. The number of carbonyl (C=O) groups excluding carboxylic acids is 1. The molecule has 1 aliphatic heterocycles. The van der Waals surface area contributed by atoms with Crippen molar-refractivity contribution in [2.24, 2.45) is 0 Å². The third kappa shape index (κ3) is 3.64. The summed E-state index contributed by atoms with van der Waals surface area (Å²) in [5.74, 6) is -1.53. The molecule has 0 unspecified atom stereocenters. The third-order valence-corrected chi connectivity index (χ3v) is 2.34. The molecule has 1 fully saturated rings. The zero-order valence-corrected chi connectivity index (χ0v) is 10.8. The van der Waals surface area contributed by atoms with Crippen molar-refractivity contribution in [2.45, 2.75) is 36.9 Å². The fourth-order valence-corrected chi connectivity index (χ4v) is 1.48. The summed E-state index contributed by atoms with van der Waals surface area (Å²) in [7, 11) is 0. The first-order valence-corrected chi connectivity index (χ1v) is 4.48. The molecule has 0 aliphatic carbocycles. The monoisotopic (exact) mass is 244 g/mol. The molecule has 88 valence electrons. The van der Waals surface area contributed by atoms with E-state index in [0.29, 0.717) is 0 Å². The van der Waals surface area contributed by atoms with Gasteiger partial charge >= 0.3 is 29.6 Å². The standard InChI is InChI=1S/C8H14O7.Na/c9-2-4(11)7-6(12)3(10)1-5(15-7)8(13)14;/h3-7,9-12H,1-2H2,(H,13,14);/q;+1/p-1/t3-,4+,5+,6+,7-;/m0./s1. The smallest absolute Gasteiger partial charge is 0.547 e. The van der Waals surface area contributed by atoms with Gasteiger partial charge in [-0.15, -0.1) is 0 Å². The number of rotatable bonds is 3. The van der Waals surface area contributed by atoms with E-state index in [1.165, 1.54) is 0 Å². The van der Waals surface area contributed by atoms with E-state index in [4.69, 9.17) is 9.84 Å². The van der Waals surface area contributed by atoms with Crippen molar-refractivity contribution in [1.29, 1.82) is 0 Å². The van der Waals surface area contributed by atoms with Crippen molar-refractivity contribution in [3.05, 3.63) is 0 Å². The van der Waals surface area contributed by atoms with Gasteiger partial charge in [-0.1, -0.05) is 0 Å². The van der Waals surface area contributed by atoms with E-state index in [0.717, 1.165) is 0 Å². The number of aliphatic hydroxyl groups is 4. The zero-order chi connectivity index (χ0) is 11.6. The number of hydrogen-bond donors (Lipinski definition) is 4. The Morgan fingerprint density at radius 2 is 2.06 bits per heavy atom.